The number of hydrogen-bond acceptors (Lipinski definition) is 4. The fourth-order valence-corrected chi connectivity index (χ4v) is 3.49. The summed E-state index contributed by atoms with van der Waals surface area (Å²) >= 11 is 0. The van der Waals surface area contributed by atoms with Crippen LogP contribution in [0.1, 0.15) is 60.6 Å². The van der Waals surface area contributed by atoms with E-state index in [-0.39, 0.29) is 17.8 Å². The van der Waals surface area contributed by atoms with Gasteiger partial charge in [0.25, 0.3) is 5.91 Å². The summed E-state index contributed by atoms with van der Waals surface area (Å²) in [5.74, 6) is -0.285. The van der Waals surface area contributed by atoms with E-state index in [0.717, 1.165) is 38.5 Å². The molecule has 0 atom stereocenters. The molecule has 6 nitrogen and oxygen atoms in total. The maximum Gasteiger partial charge on any atom is 0.273 e. The molecule has 4 rings (SSSR count). The molecule has 2 aliphatic carbocycles. The van der Waals surface area contributed by atoms with Gasteiger partial charge in [-0.3, -0.25) is 4.79 Å². The Morgan fingerprint density at radius 1 is 1.12 bits per heavy atom. The summed E-state index contributed by atoms with van der Waals surface area (Å²) in [6.45, 7) is 0.552. The Kier molecular flexibility index (Phi) is 4.97. The number of hydrogen-bond donors (Lipinski definition) is 2. The molecule has 0 spiro atoms. The maximum atomic E-state index is 13.7. The Morgan fingerprint density at radius 3 is 2.58 bits per heavy atom. The van der Waals surface area contributed by atoms with Gasteiger partial charge in [0.15, 0.2) is 5.69 Å². The molecule has 0 saturated heterocycles. The van der Waals surface area contributed by atoms with Crippen molar-refractivity contribution < 1.29 is 9.18 Å². The van der Waals surface area contributed by atoms with Gasteiger partial charge >= 0.3 is 0 Å². The van der Waals surface area contributed by atoms with Crippen LogP contribution < -0.4 is 10.6 Å². The smallest absolute Gasteiger partial charge is 0.273 e. The zero-order valence-corrected chi connectivity index (χ0v) is 14.7. The highest BCUT2D eigenvalue weighted by molar-refractivity contribution is 5.92. The number of carbonyl (C=O) groups excluding carboxylic acids is 1. The van der Waals surface area contributed by atoms with E-state index in [1.165, 1.54) is 6.07 Å². The van der Waals surface area contributed by atoms with Crippen LogP contribution in [-0.4, -0.2) is 33.0 Å². The quantitative estimate of drug-likeness (QED) is 0.834. The van der Waals surface area contributed by atoms with Crippen molar-refractivity contribution in [2.24, 2.45) is 0 Å². The van der Waals surface area contributed by atoms with Crippen molar-refractivity contribution in [3.8, 4) is 0 Å². The lowest BCUT2D eigenvalue weighted by Crippen LogP contribution is -2.33. The lowest BCUT2D eigenvalue weighted by Gasteiger charge is -2.29. The van der Waals surface area contributed by atoms with Gasteiger partial charge in [0, 0.05) is 24.2 Å². The highest BCUT2D eigenvalue weighted by atomic mass is 19.1. The van der Waals surface area contributed by atoms with E-state index in [0.29, 0.717) is 29.9 Å². The number of carbonyl (C=O) groups is 1. The number of halogens is 1. The second-order valence-corrected chi connectivity index (χ2v) is 7.31. The molecule has 1 aromatic heterocycles. The van der Waals surface area contributed by atoms with Crippen molar-refractivity contribution in [2.45, 2.75) is 63.2 Å². The first-order valence-corrected chi connectivity index (χ1v) is 9.38. The van der Waals surface area contributed by atoms with Crippen LogP contribution in [0.15, 0.2) is 30.5 Å². The first-order valence-electron chi connectivity index (χ1n) is 9.38. The third-order valence-corrected chi connectivity index (χ3v) is 5.27. The van der Waals surface area contributed by atoms with Crippen molar-refractivity contribution in [1.82, 2.24) is 25.6 Å². The van der Waals surface area contributed by atoms with Crippen molar-refractivity contribution in [1.29, 1.82) is 0 Å². The molecule has 7 heteroatoms. The fraction of sp³-hybridized carbons (Fsp3) is 0.526. The molecule has 2 N–H and O–H groups in total. The predicted molar refractivity (Wildman–Crippen MR) is 95.0 cm³/mol. The molecule has 1 heterocycles. The standard InChI is InChI=1S/C19H24FN5O/c20-17-4-2-1-3-13(17)11-21-14-7-9-16(10-8-14)25-12-18(23-24-25)19(26)22-15-5-6-15/h1-4,12,14-16,21H,5-11H2,(H,22,26). The topological polar surface area (TPSA) is 71.8 Å². The number of aromatic nitrogens is 3. The van der Waals surface area contributed by atoms with Gasteiger partial charge in [-0.1, -0.05) is 23.4 Å². The van der Waals surface area contributed by atoms with E-state index in [1.54, 1.807) is 12.3 Å². The van der Waals surface area contributed by atoms with Gasteiger partial charge in [-0.25, -0.2) is 9.07 Å². The first-order chi connectivity index (χ1) is 12.7. The third-order valence-electron chi connectivity index (χ3n) is 5.27. The van der Waals surface area contributed by atoms with E-state index < -0.39 is 0 Å². The Morgan fingerprint density at radius 2 is 1.85 bits per heavy atom. The van der Waals surface area contributed by atoms with E-state index in [1.807, 2.05) is 16.8 Å². The molecule has 138 valence electrons. The SMILES string of the molecule is O=C(NC1CC1)c1cn(C2CCC(NCc3ccccc3F)CC2)nn1. The van der Waals surface area contributed by atoms with E-state index in [4.69, 9.17) is 0 Å². The van der Waals surface area contributed by atoms with Gasteiger partial charge in [0.05, 0.1) is 12.2 Å². The van der Waals surface area contributed by atoms with Crippen LogP contribution in [0.5, 0.6) is 0 Å². The van der Waals surface area contributed by atoms with Gasteiger partial charge in [0.1, 0.15) is 5.82 Å². The van der Waals surface area contributed by atoms with Crippen LogP contribution in [0.2, 0.25) is 0 Å². The summed E-state index contributed by atoms with van der Waals surface area (Å²) in [7, 11) is 0. The molecular formula is C19H24FN5O. The summed E-state index contributed by atoms with van der Waals surface area (Å²) in [6.07, 6.45) is 7.83. The van der Waals surface area contributed by atoms with Crippen molar-refractivity contribution in [2.75, 3.05) is 0 Å². The molecule has 0 aliphatic heterocycles. The monoisotopic (exact) mass is 357 g/mol. The number of benzene rings is 1. The number of amides is 1. The molecule has 26 heavy (non-hydrogen) atoms. The normalized spacial score (nSPS) is 23.0. The molecule has 2 aliphatic rings. The van der Waals surface area contributed by atoms with Crippen LogP contribution in [0.25, 0.3) is 0 Å². The minimum atomic E-state index is -0.159. The lowest BCUT2D eigenvalue weighted by atomic mass is 9.91. The maximum absolute atomic E-state index is 13.7. The van der Waals surface area contributed by atoms with E-state index in [2.05, 4.69) is 20.9 Å². The molecule has 0 unspecified atom stereocenters. The second kappa shape index (κ2) is 7.53. The number of nitrogens with one attached hydrogen (secondary N) is 2. The Bertz CT molecular complexity index is 765. The van der Waals surface area contributed by atoms with Crippen molar-refractivity contribution in [3.63, 3.8) is 0 Å². The zero-order chi connectivity index (χ0) is 17.9. The third kappa shape index (κ3) is 4.09. The van der Waals surface area contributed by atoms with Crippen LogP contribution >= 0.6 is 0 Å². The van der Waals surface area contributed by atoms with Crippen LogP contribution in [0.4, 0.5) is 4.39 Å². The molecule has 2 aromatic rings. The molecule has 1 amide bonds. The average molecular weight is 357 g/mol. The lowest BCUT2D eigenvalue weighted by molar-refractivity contribution is 0.0946. The van der Waals surface area contributed by atoms with Gasteiger partial charge < -0.3 is 10.6 Å². The first kappa shape index (κ1) is 17.1. The van der Waals surface area contributed by atoms with Crippen molar-refractivity contribution >= 4 is 5.91 Å². The largest absolute Gasteiger partial charge is 0.348 e. The summed E-state index contributed by atoms with van der Waals surface area (Å²) in [4.78, 5) is 12.0. The van der Waals surface area contributed by atoms with Crippen molar-refractivity contribution in [3.05, 3.63) is 47.5 Å². The average Bonchev–Trinajstić information content (AvgIpc) is 3.33. The number of rotatable bonds is 6. The highest BCUT2D eigenvalue weighted by Gasteiger charge is 2.27. The zero-order valence-electron chi connectivity index (χ0n) is 14.7. The van der Waals surface area contributed by atoms with Crippen LogP contribution in [-0.2, 0) is 6.54 Å². The molecule has 1 aromatic carbocycles. The summed E-state index contributed by atoms with van der Waals surface area (Å²) in [6, 6.07) is 7.86. The van der Waals surface area contributed by atoms with Gasteiger partial charge in [-0.05, 0) is 44.6 Å². The minimum absolute atomic E-state index is 0.126. The number of nitrogens with zero attached hydrogens (tertiary/aromatic N) is 3. The molecular weight excluding hydrogens is 333 g/mol. The molecule has 0 radical (unpaired) electrons. The summed E-state index contributed by atoms with van der Waals surface area (Å²) in [5, 5.41) is 14.6. The van der Waals surface area contributed by atoms with Crippen LogP contribution in [0, 0.1) is 5.82 Å². The minimum Gasteiger partial charge on any atom is -0.348 e. The molecule has 2 fully saturated rings. The second-order valence-electron chi connectivity index (χ2n) is 7.31. The summed E-state index contributed by atoms with van der Waals surface area (Å²) < 4.78 is 15.5. The molecule has 2 saturated carbocycles. The van der Waals surface area contributed by atoms with E-state index in [9.17, 15) is 9.18 Å². The van der Waals surface area contributed by atoms with E-state index >= 15 is 0 Å². The van der Waals surface area contributed by atoms with Crippen LogP contribution in [0.3, 0.4) is 0 Å². The van der Waals surface area contributed by atoms with Gasteiger partial charge in [0.2, 0.25) is 0 Å². The Balaban J connectivity index is 1.26. The molecule has 0 bridgehead atoms. The Hall–Kier alpha value is -2.28. The predicted octanol–water partition coefficient (Wildman–Crippen LogP) is 2.58. The fourth-order valence-electron chi connectivity index (χ4n) is 3.49. The van der Waals surface area contributed by atoms with Gasteiger partial charge in [-0.15, -0.1) is 5.10 Å². The summed E-state index contributed by atoms with van der Waals surface area (Å²) in [5.41, 5.74) is 1.11. The Labute approximate surface area is 152 Å². The highest BCUT2D eigenvalue weighted by Crippen LogP contribution is 2.28. The van der Waals surface area contributed by atoms with Gasteiger partial charge in [-0.2, -0.15) is 0 Å².